The van der Waals surface area contributed by atoms with Gasteiger partial charge in [-0.2, -0.15) is 0 Å². The zero-order valence-corrected chi connectivity index (χ0v) is 10.5. The van der Waals surface area contributed by atoms with Gasteiger partial charge in [0.05, 0.1) is 11.4 Å². The van der Waals surface area contributed by atoms with E-state index in [1.807, 2.05) is 38.1 Å². The standard InChI is InChI=1S/C12H10Cl2N2/c1-7-8(2)16-12(14)11(15-7)9-4-3-5-10(13)6-9/h3-6H,1-2H3. The van der Waals surface area contributed by atoms with Gasteiger partial charge in [-0.1, -0.05) is 35.3 Å². The minimum absolute atomic E-state index is 0.408. The van der Waals surface area contributed by atoms with E-state index < -0.39 is 0 Å². The van der Waals surface area contributed by atoms with E-state index in [1.165, 1.54) is 0 Å². The van der Waals surface area contributed by atoms with E-state index in [-0.39, 0.29) is 0 Å². The molecular formula is C12H10Cl2N2. The van der Waals surface area contributed by atoms with Gasteiger partial charge in [0.2, 0.25) is 0 Å². The van der Waals surface area contributed by atoms with Crippen LogP contribution in [-0.4, -0.2) is 9.97 Å². The molecule has 0 saturated heterocycles. The first-order valence-corrected chi connectivity index (χ1v) is 5.60. The molecule has 0 fully saturated rings. The number of halogens is 2. The molecule has 1 heterocycles. The minimum Gasteiger partial charge on any atom is -0.248 e. The van der Waals surface area contributed by atoms with Crippen LogP contribution in [0.25, 0.3) is 11.3 Å². The van der Waals surface area contributed by atoms with Crippen molar-refractivity contribution in [2.24, 2.45) is 0 Å². The summed E-state index contributed by atoms with van der Waals surface area (Å²) in [5, 5.41) is 1.07. The second-order valence-electron chi connectivity index (χ2n) is 3.54. The van der Waals surface area contributed by atoms with Crippen molar-refractivity contribution < 1.29 is 0 Å². The maximum Gasteiger partial charge on any atom is 0.155 e. The summed E-state index contributed by atoms with van der Waals surface area (Å²) in [5.74, 6) is 0. The molecule has 2 nitrogen and oxygen atoms in total. The highest BCUT2D eigenvalue weighted by Gasteiger charge is 2.09. The highest BCUT2D eigenvalue weighted by Crippen LogP contribution is 2.27. The molecule has 0 amide bonds. The molecule has 1 aromatic heterocycles. The highest BCUT2D eigenvalue weighted by molar-refractivity contribution is 6.32. The number of aromatic nitrogens is 2. The van der Waals surface area contributed by atoms with E-state index in [0.717, 1.165) is 17.0 Å². The van der Waals surface area contributed by atoms with Crippen molar-refractivity contribution in [3.8, 4) is 11.3 Å². The Labute approximate surface area is 104 Å². The molecule has 2 aromatic rings. The monoisotopic (exact) mass is 252 g/mol. The largest absolute Gasteiger partial charge is 0.248 e. The van der Waals surface area contributed by atoms with Gasteiger partial charge in [0, 0.05) is 10.6 Å². The Morgan fingerprint density at radius 1 is 1.00 bits per heavy atom. The van der Waals surface area contributed by atoms with Crippen LogP contribution in [0.15, 0.2) is 24.3 Å². The first kappa shape index (κ1) is 11.4. The molecule has 2 rings (SSSR count). The average Bonchev–Trinajstić information content (AvgIpc) is 2.23. The Morgan fingerprint density at radius 2 is 1.69 bits per heavy atom. The third kappa shape index (κ3) is 2.18. The van der Waals surface area contributed by atoms with E-state index in [4.69, 9.17) is 23.2 Å². The van der Waals surface area contributed by atoms with Gasteiger partial charge in [-0.3, -0.25) is 0 Å². The van der Waals surface area contributed by atoms with Crippen LogP contribution in [0.4, 0.5) is 0 Å². The molecule has 0 aliphatic rings. The Hall–Kier alpha value is -1.12. The van der Waals surface area contributed by atoms with Crippen LogP contribution in [0.5, 0.6) is 0 Å². The number of benzene rings is 1. The number of hydrogen-bond donors (Lipinski definition) is 0. The van der Waals surface area contributed by atoms with Crippen molar-refractivity contribution in [1.29, 1.82) is 0 Å². The summed E-state index contributed by atoms with van der Waals surface area (Å²) >= 11 is 12.0. The average molecular weight is 253 g/mol. The lowest BCUT2D eigenvalue weighted by Crippen LogP contribution is -1.96. The molecule has 0 saturated carbocycles. The van der Waals surface area contributed by atoms with Gasteiger partial charge < -0.3 is 0 Å². The lowest BCUT2D eigenvalue weighted by atomic mass is 10.1. The van der Waals surface area contributed by atoms with E-state index in [2.05, 4.69) is 9.97 Å². The molecule has 82 valence electrons. The molecule has 0 N–H and O–H groups in total. The molecule has 0 spiro atoms. The second kappa shape index (κ2) is 4.40. The first-order valence-electron chi connectivity index (χ1n) is 4.84. The summed E-state index contributed by atoms with van der Waals surface area (Å²) < 4.78 is 0. The van der Waals surface area contributed by atoms with Gasteiger partial charge >= 0.3 is 0 Å². The van der Waals surface area contributed by atoms with Gasteiger partial charge in [0.25, 0.3) is 0 Å². The fourth-order valence-corrected chi connectivity index (χ4v) is 1.86. The Morgan fingerprint density at radius 3 is 2.38 bits per heavy atom. The van der Waals surface area contributed by atoms with Crippen LogP contribution in [-0.2, 0) is 0 Å². The van der Waals surface area contributed by atoms with Crippen molar-refractivity contribution >= 4 is 23.2 Å². The molecular weight excluding hydrogens is 243 g/mol. The second-order valence-corrected chi connectivity index (χ2v) is 4.34. The quantitative estimate of drug-likeness (QED) is 0.765. The first-order chi connectivity index (χ1) is 7.58. The molecule has 0 unspecified atom stereocenters. The number of rotatable bonds is 1. The van der Waals surface area contributed by atoms with Gasteiger partial charge in [-0.15, -0.1) is 0 Å². The Balaban J connectivity index is 2.60. The van der Waals surface area contributed by atoms with Crippen molar-refractivity contribution in [2.75, 3.05) is 0 Å². The van der Waals surface area contributed by atoms with Crippen LogP contribution < -0.4 is 0 Å². The van der Waals surface area contributed by atoms with Gasteiger partial charge in [0.15, 0.2) is 5.15 Å². The zero-order chi connectivity index (χ0) is 11.7. The third-order valence-electron chi connectivity index (χ3n) is 2.36. The number of nitrogens with zero attached hydrogens (tertiary/aromatic N) is 2. The normalized spacial score (nSPS) is 10.5. The van der Waals surface area contributed by atoms with E-state index in [1.54, 1.807) is 0 Å². The maximum absolute atomic E-state index is 6.07. The van der Waals surface area contributed by atoms with Crippen molar-refractivity contribution in [3.05, 3.63) is 45.8 Å². The van der Waals surface area contributed by atoms with E-state index in [0.29, 0.717) is 15.9 Å². The minimum atomic E-state index is 0.408. The summed E-state index contributed by atoms with van der Waals surface area (Å²) in [6.45, 7) is 3.79. The van der Waals surface area contributed by atoms with E-state index >= 15 is 0 Å². The van der Waals surface area contributed by atoms with Crippen molar-refractivity contribution in [2.45, 2.75) is 13.8 Å². The summed E-state index contributed by atoms with van der Waals surface area (Å²) in [6.07, 6.45) is 0. The summed E-state index contributed by atoms with van der Waals surface area (Å²) in [4.78, 5) is 8.67. The lowest BCUT2D eigenvalue weighted by Gasteiger charge is -2.06. The van der Waals surface area contributed by atoms with Gasteiger partial charge in [-0.05, 0) is 26.0 Å². The summed E-state index contributed by atoms with van der Waals surface area (Å²) in [6, 6.07) is 7.42. The molecule has 1 aromatic carbocycles. The lowest BCUT2D eigenvalue weighted by molar-refractivity contribution is 1.05. The van der Waals surface area contributed by atoms with Crippen molar-refractivity contribution in [1.82, 2.24) is 9.97 Å². The van der Waals surface area contributed by atoms with Crippen LogP contribution in [0, 0.1) is 13.8 Å². The molecule has 4 heteroatoms. The molecule has 0 aliphatic carbocycles. The molecule has 0 radical (unpaired) electrons. The summed E-state index contributed by atoms with van der Waals surface area (Å²) in [7, 11) is 0. The number of hydrogen-bond acceptors (Lipinski definition) is 2. The zero-order valence-electron chi connectivity index (χ0n) is 8.96. The maximum atomic E-state index is 6.07. The smallest absolute Gasteiger partial charge is 0.155 e. The Kier molecular flexibility index (Phi) is 3.13. The van der Waals surface area contributed by atoms with Crippen LogP contribution in [0.1, 0.15) is 11.4 Å². The van der Waals surface area contributed by atoms with Gasteiger partial charge in [0.1, 0.15) is 5.69 Å². The molecule has 0 aliphatic heterocycles. The highest BCUT2D eigenvalue weighted by atomic mass is 35.5. The molecule has 0 atom stereocenters. The van der Waals surface area contributed by atoms with E-state index in [9.17, 15) is 0 Å². The summed E-state index contributed by atoms with van der Waals surface area (Å²) in [5.41, 5.74) is 3.27. The number of aryl methyl sites for hydroxylation is 2. The predicted octanol–water partition coefficient (Wildman–Crippen LogP) is 4.07. The van der Waals surface area contributed by atoms with Gasteiger partial charge in [-0.25, -0.2) is 9.97 Å². The predicted molar refractivity (Wildman–Crippen MR) is 67.0 cm³/mol. The molecule has 0 bridgehead atoms. The Bertz CT molecular complexity index is 539. The van der Waals surface area contributed by atoms with Crippen molar-refractivity contribution in [3.63, 3.8) is 0 Å². The van der Waals surface area contributed by atoms with Crippen LogP contribution in [0.3, 0.4) is 0 Å². The topological polar surface area (TPSA) is 25.8 Å². The van der Waals surface area contributed by atoms with Crippen LogP contribution in [0.2, 0.25) is 10.2 Å². The molecule has 16 heavy (non-hydrogen) atoms. The SMILES string of the molecule is Cc1nc(Cl)c(-c2cccc(Cl)c2)nc1C. The third-order valence-corrected chi connectivity index (χ3v) is 2.86. The fraction of sp³-hybridized carbons (Fsp3) is 0.167. The fourth-order valence-electron chi connectivity index (χ4n) is 1.40. The van der Waals surface area contributed by atoms with Crippen LogP contribution >= 0.6 is 23.2 Å².